The average Bonchev–Trinajstić information content (AvgIpc) is 3.08. The highest BCUT2D eigenvalue weighted by molar-refractivity contribution is 7.89. The smallest absolute Gasteiger partial charge is 0.253 e. The van der Waals surface area contributed by atoms with Gasteiger partial charge in [-0.15, -0.1) is 11.3 Å². The van der Waals surface area contributed by atoms with Gasteiger partial charge in [0.25, 0.3) is 5.91 Å². The van der Waals surface area contributed by atoms with Crippen LogP contribution in [0.1, 0.15) is 42.0 Å². The molecule has 1 heterocycles. The van der Waals surface area contributed by atoms with Crippen LogP contribution in [0.3, 0.4) is 0 Å². The van der Waals surface area contributed by atoms with E-state index in [1.54, 1.807) is 13.8 Å². The molecule has 25 heavy (non-hydrogen) atoms. The number of hydrogen-bond donors (Lipinski definition) is 1. The lowest BCUT2D eigenvalue weighted by Gasteiger charge is -2.21. The van der Waals surface area contributed by atoms with Gasteiger partial charge < -0.3 is 5.32 Å². The van der Waals surface area contributed by atoms with Crippen molar-refractivity contribution in [1.82, 2.24) is 9.62 Å². The Kier molecular flexibility index (Phi) is 6.26. The topological polar surface area (TPSA) is 66.5 Å². The Morgan fingerprint density at radius 1 is 1.24 bits per heavy atom. The normalized spacial score (nSPS) is 13.2. The van der Waals surface area contributed by atoms with Crippen LogP contribution in [0, 0.1) is 0 Å². The number of carbonyl (C=O) groups is 1. The number of nitrogens with one attached hydrogen (secondary N) is 1. The lowest BCUT2D eigenvalue weighted by Crippen LogP contribution is -2.33. The number of thiophene rings is 1. The summed E-state index contributed by atoms with van der Waals surface area (Å²) in [4.78, 5) is 13.6. The van der Waals surface area contributed by atoms with Crippen LogP contribution in [0.5, 0.6) is 0 Å². The molecule has 0 spiro atoms. The molecule has 1 atom stereocenters. The zero-order valence-corrected chi connectivity index (χ0v) is 16.9. The van der Waals surface area contributed by atoms with E-state index in [-0.39, 0.29) is 27.6 Å². The third-order valence-electron chi connectivity index (χ3n) is 3.90. The number of hydrogen-bond acceptors (Lipinski definition) is 4. The Morgan fingerprint density at radius 2 is 1.92 bits per heavy atom. The molecule has 0 saturated carbocycles. The fourth-order valence-electron chi connectivity index (χ4n) is 2.17. The number of amides is 1. The number of nitrogens with zero attached hydrogens (tertiary/aromatic N) is 1. The lowest BCUT2D eigenvalue weighted by atomic mass is 10.2. The first-order valence-electron chi connectivity index (χ1n) is 7.76. The summed E-state index contributed by atoms with van der Waals surface area (Å²) >= 11 is 7.66. The van der Waals surface area contributed by atoms with Crippen LogP contribution in [-0.4, -0.2) is 31.7 Å². The van der Waals surface area contributed by atoms with E-state index in [1.165, 1.54) is 40.9 Å². The van der Waals surface area contributed by atoms with E-state index in [1.807, 2.05) is 24.4 Å². The highest BCUT2D eigenvalue weighted by Crippen LogP contribution is 2.25. The zero-order chi connectivity index (χ0) is 18.8. The highest BCUT2D eigenvalue weighted by atomic mass is 35.5. The summed E-state index contributed by atoms with van der Waals surface area (Å²) in [6.45, 7) is 5.43. The van der Waals surface area contributed by atoms with Crippen LogP contribution >= 0.6 is 22.9 Å². The first-order valence-corrected chi connectivity index (χ1v) is 10.5. The van der Waals surface area contributed by atoms with E-state index in [0.29, 0.717) is 0 Å². The Morgan fingerprint density at radius 3 is 2.48 bits per heavy atom. The molecule has 1 N–H and O–H groups in total. The van der Waals surface area contributed by atoms with Gasteiger partial charge in [0.1, 0.15) is 0 Å². The van der Waals surface area contributed by atoms with Crippen molar-refractivity contribution in [2.24, 2.45) is 0 Å². The number of sulfonamides is 1. The van der Waals surface area contributed by atoms with Gasteiger partial charge in [-0.25, -0.2) is 8.42 Å². The molecule has 1 aromatic heterocycles. The number of rotatable bonds is 6. The van der Waals surface area contributed by atoms with E-state index in [2.05, 4.69) is 5.32 Å². The van der Waals surface area contributed by atoms with Crippen molar-refractivity contribution in [3.05, 3.63) is 51.2 Å². The number of halogens is 1. The van der Waals surface area contributed by atoms with Crippen LogP contribution in [-0.2, 0) is 10.0 Å². The van der Waals surface area contributed by atoms with E-state index in [4.69, 9.17) is 11.6 Å². The molecule has 2 rings (SSSR count). The Bertz CT molecular complexity index is 849. The summed E-state index contributed by atoms with van der Waals surface area (Å²) in [6, 6.07) is 7.62. The second kappa shape index (κ2) is 7.86. The van der Waals surface area contributed by atoms with Crippen molar-refractivity contribution in [3.63, 3.8) is 0 Å². The molecule has 0 unspecified atom stereocenters. The van der Waals surface area contributed by atoms with Gasteiger partial charge in [0.15, 0.2) is 0 Å². The molecule has 0 aliphatic heterocycles. The van der Waals surface area contributed by atoms with Gasteiger partial charge in [-0.3, -0.25) is 4.79 Å². The molecule has 0 aliphatic carbocycles. The van der Waals surface area contributed by atoms with Gasteiger partial charge in [-0.2, -0.15) is 4.31 Å². The molecule has 2 aromatic rings. The summed E-state index contributed by atoms with van der Waals surface area (Å²) in [5.74, 6) is -0.407. The quantitative estimate of drug-likeness (QED) is 0.799. The monoisotopic (exact) mass is 400 g/mol. The van der Waals surface area contributed by atoms with Crippen LogP contribution in [0.25, 0.3) is 0 Å². The minimum absolute atomic E-state index is 0.0435. The Labute approximate surface area is 157 Å². The predicted octanol–water partition coefficient (Wildman–Crippen LogP) is 3.92. The highest BCUT2D eigenvalue weighted by Gasteiger charge is 2.25. The molecule has 136 valence electrons. The molecule has 0 radical (unpaired) electrons. The van der Waals surface area contributed by atoms with Crippen molar-refractivity contribution in [2.45, 2.75) is 37.8 Å². The van der Waals surface area contributed by atoms with Gasteiger partial charge in [0.2, 0.25) is 10.0 Å². The van der Waals surface area contributed by atoms with Gasteiger partial charge >= 0.3 is 0 Å². The summed E-state index contributed by atoms with van der Waals surface area (Å²) in [5, 5.41) is 4.99. The molecular formula is C17H21ClN2O3S2. The van der Waals surface area contributed by atoms with Crippen molar-refractivity contribution in [3.8, 4) is 0 Å². The van der Waals surface area contributed by atoms with E-state index in [9.17, 15) is 13.2 Å². The third-order valence-corrected chi connectivity index (χ3v) is 7.32. The SMILES string of the molecule is CC(C)N(C)S(=O)(=O)c1ccc(Cl)c(C(=O)N[C@H](C)c2cccs2)c1. The van der Waals surface area contributed by atoms with E-state index in [0.717, 1.165) is 4.88 Å². The van der Waals surface area contributed by atoms with Crippen LogP contribution in [0.4, 0.5) is 0 Å². The lowest BCUT2D eigenvalue weighted by molar-refractivity contribution is 0.0940. The largest absolute Gasteiger partial charge is 0.345 e. The number of benzene rings is 1. The van der Waals surface area contributed by atoms with Crippen molar-refractivity contribution in [1.29, 1.82) is 0 Å². The Balaban J connectivity index is 2.31. The van der Waals surface area contributed by atoms with E-state index >= 15 is 0 Å². The molecule has 5 nitrogen and oxygen atoms in total. The van der Waals surface area contributed by atoms with Crippen molar-refractivity contribution in [2.75, 3.05) is 7.05 Å². The van der Waals surface area contributed by atoms with Crippen LogP contribution < -0.4 is 5.32 Å². The fraction of sp³-hybridized carbons (Fsp3) is 0.353. The molecule has 1 aromatic carbocycles. The third kappa shape index (κ3) is 4.41. The summed E-state index contributed by atoms with van der Waals surface area (Å²) < 4.78 is 26.5. The maximum absolute atomic E-state index is 12.6. The minimum atomic E-state index is -3.69. The first-order chi connectivity index (χ1) is 11.6. The van der Waals surface area contributed by atoms with Crippen LogP contribution in [0.15, 0.2) is 40.6 Å². The standard InChI is InChI=1S/C17H21ClN2O3S2/c1-11(2)20(4)25(22,23)13-7-8-15(18)14(10-13)17(21)19-12(3)16-6-5-9-24-16/h5-12H,1-4H3,(H,19,21)/t12-/m1/s1. The maximum Gasteiger partial charge on any atom is 0.253 e. The fourth-order valence-corrected chi connectivity index (χ4v) is 4.50. The number of carbonyl (C=O) groups excluding carboxylic acids is 1. The molecule has 0 bridgehead atoms. The summed E-state index contributed by atoms with van der Waals surface area (Å²) in [7, 11) is -2.18. The van der Waals surface area contributed by atoms with Gasteiger partial charge in [-0.05, 0) is 50.4 Å². The second-order valence-electron chi connectivity index (χ2n) is 5.97. The molecule has 0 fully saturated rings. The molecule has 0 saturated heterocycles. The maximum atomic E-state index is 12.6. The molecule has 8 heteroatoms. The second-order valence-corrected chi connectivity index (χ2v) is 9.35. The summed E-state index contributed by atoms with van der Waals surface area (Å²) in [6.07, 6.45) is 0. The molecular weight excluding hydrogens is 380 g/mol. The molecule has 1 amide bonds. The predicted molar refractivity (Wildman–Crippen MR) is 102 cm³/mol. The minimum Gasteiger partial charge on any atom is -0.345 e. The van der Waals surface area contributed by atoms with Crippen molar-refractivity contribution < 1.29 is 13.2 Å². The Hall–Kier alpha value is -1.41. The van der Waals surface area contributed by atoms with E-state index < -0.39 is 15.9 Å². The van der Waals surface area contributed by atoms with Crippen LogP contribution in [0.2, 0.25) is 5.02 Å². The van der Waals surface area contributed by atoms with Crippen molar-refractivity contribution >= 4 is 38.9 Å². The van der Waals surface area contributed by atoms with Gasteiger partial charge in [0.05, 0.1) is 21.5 Å². The average molecular weight is 401 g/mol. The summed E-state index contributed by atoms with van der Waals surface area (Å²) in [5.41, 5.74) is 0.142. The van der Waals surface area contributed by atoms with Gasteiger partial charge in [-0.1, -0.05) is 17.7 Å². The molecule has 0 aliphatic rings. The zero-order valence-electron chi connectivity index (χ0n) is 14.5. The van der Waals surface area contributed by atoms with Gasteiger partial charge in [0, 0.05) is 18.0 Å². The first kappa shape index (κ1) is 19.9.